The van der Waals surface area contributed by atoms with E-state index in [1.54, 1.807) is 18.2 Å². The van der Waals surface area contributed by atoms with Crippen molar-refractivity contribution >= 4 is 46.2 Å². The fourth-order valence-electron chi connectivity index (χ4n) is 0.767. The number of rotatable bonds is 1. The zero-order valence-corrected chi connectivity index (χ0v) is 8.80. The summed E-state index contributed by atoms with van der Waals surface area (Å²) in [5, 5.41) is 4.00. The Hall–Kier alpha value is -0.550. The Morgan fingerprint density at radius 3 is 2.31 bits per heavy atom. The van der Waals surface area contributed by atoms with Crippen LogP contribution < -0.4 is 16.6 Å². The van der Waals surface area contributed by atoms with Gasteiger partial charge in [-0.05, 0) is 24.4 Å². The number of thiocarbonyl (C=S) groups is 1. The highest BCUT2D eigenvalue weighted by atomic mass is 35.5. The van der Waals surface area contributed by atoms with Crippen molar-refractivity contribution in [1.29, 1.82) is 0 Å². The van der Waals surface area contributed by atoms with Gasteiger partial charge < -0.3 is 10.7 Å². The summed E-state index contributed by atoms with van der Waals surface area (Å²) in [4.78, 5) is 0. The van der Waals surface area contributed by atoms with Crippen molar-refractivity contribution < 1.29 is 0 Å². The molecule has 0 bridgehead atoms. The average molecular weight is 236 g/mol. The fraction of sp³-hybridized carbons (Fsp3) is 0. The van der Waals surface area contributed by atoms with Crippen LogP contribution in [0.25, 0.3) is 0 Å². The van der Waals surface area contributed by atoms with E-state index in [-0.39, 0.29) is 5.11 Å². The molecule has 13 heavy (non-hydrogen) atoms. The van der Waals surface area contributed by atoms with Gasteiger partial charge in [0.05, 0.1) is 15.7 Å². The Kier molecular flexibility index (Phi) is 3.74. The van der Waals surface area contributed by atoms with Crippen molar-refractivity contribution in [3.05, 3.63) is 28.2 Å². The second-order valence-corrected chi connectivity index (χ2v) is 3.42. The molecule has 1 aromatic rings. The maximum atomic E-state index is 5.86. The Labute approximate surface area is 91.2 Å². The van der Waals surface area contributed by atoms with Crippen LogP contribution in [0.5, 0.6) is 0 Å². The van der Waals surface area contributed by atoms with Gasteiger partial charge in [0, 0.05) is 0 Å². The molecule has 0 amide bonds. The number of benzene rings is 1. The van der Waals surface area contributed by atoms with E-state index >= 15 is 0 Å². The maximum absolute atomic E-state index is 5.86. The number of halogens is 2. The van der Waals surface area contributed by atoms with Gasteiger partial charge in [-0.3, -0.25) is 0 Å². The first-order valence-corrected chi connectivity index (χ1v) is 4.53. The first-order chi connectivity index (χ1) is 6.15. The van der Waals surface area contributed by atoms with Crippen molar-refractivity contribution in [3.63, 3.8) is 0 Å². The van der Waals surface area contributed by atoms with Crippen LogP contribution in [-0.2, 0) is 0 Å². The van der Waals surface area contributed by atoms with Gasteiger partial charge in [-0.25, -0.2) is 5.84 Å². The van der Waals surface area contributed by atoms with E-state index in [1.165, 1.54) is 0 Å². The molecule has 4 N–H and O–H groups in total. The van der Waals surface area contributed by atoms with E-state index in [2.05, 4.69) is 10.7 Å². The van der Waals surface area contributed by atoms with Crippen LogP contribution in [0.3, 0.4) is 0 Å². The summed E-state index contributed by atoms with van der Waals surface area (Å²) in [5.74, 6) is 5.08. The summed E-state index contributed by atoms with van der Waals surface area (Å²) in [6, 6.07) is 5.15. The van der Waals surface area contributed by atoms with Gasteiger partial charge in [0.2, 0.25) is 0 Å². The lowest BCUT2D eigenvalue weighted by molar-refractivity contribution is 1.04. The standard InChI is InChI=1S/C7H7Cl2N3S/c8-4-2-1-3-5(9)6(4)11-7(13)12-10/h1-3H,10H2,(H2,11,12,13). The summed E-state index contributed by atoms with van der Waals surface area (Å²) in [6.07, 6.45) is 0. The molecule has 0 atom stereocenters. The van der Waals surface area contributed by atoms with Crippen molar-refractivity contribution in [1.82, 2.24) is 5.43 Å². The highest BCUT2D eigenvalue weighted by Crippen LogP contribution is 2.29. The lowest BCUT2D eigenvalue weighted by atomic mass is 10.3. The van der Waals surface area contributed by atoms with Crippen molar-refractivity contribution in [2.45, 2.75) is 0 Å². The summed E-state index contributed by atoms with van der Waals surface area (Å²) in [7, 11) is 0. The SMILES string of the molecule is NNC(=S)Nc1c(Cl)cccc1Cl. The molecule has 3 nitrogen and oxygen atoms in total. The van der Waals surface area contributed by atoms with Crippen LogP contribution in [0.4, 0.5) is 5.69 Å². The molecule has 0 heterocycles. The number of hydrogen-bond donors (Lipinski definition) is 3. The highest BCUT2D eigenvalue weighted by molar-refractivity contribution is 7.80. The van der Waals surface area contributed by atoms with E-state index in [0.717, 1.165) is 0 Å². The molecule has 0 aliphatic heterocycles. The topological polar surface area (TPSA) is 50.1 Å². The smallest absolute Gasteiger partial charge is 0.185 e. The molecule has 0 fully saturated rings. The molecular formula is C7H7Cl2N3S. The number of nitrogens with two attached hydrogens (primary N) is 1. The average Bonchev–Trinajstić information content (AvgIpc) is 2.11. The first-order valence-electron chi connectivity index (χ1n) is 3.36. The molecule has 6 heteroatoms. The Morgan fingerprint density at radius 1 is 1.31 bits per heavy atom. The van der Waals surface area contributed by atoms with Crippen molar-refractivity contribution in [3.8, 4) is 0 Å². The lowest BCUT2D eigenvalue weighted by Crippen LogP contribution is -2.34. The lowest BCUT2D eigenvalue weighted by Gasteiger charge is -2.09. The minimum Gasteiger partial charge on any atom is -0.329 e. The van der Waals surface area contributed by atoms with E-state index in [1.807, 2.05) is 0 Å². The Morgan fingerprint density at radius 2 is 1.85 bits per heavy atom. The van der Waals surface area contributed by atoms with E-state index in [9.17, 15) is 0 Å². The molecule has 0 spiro atoms. The highest BCUT2D eigenvalue weighted by Gasteiger charge is 2.05. The predicted octanol–water partition coefficient (Wildman–Crippen LogP) is 2.15. The first kappa shape index (κ1) is 10.5. The molecule has 70 valence electrons. The van der Waals surface area contributed by atoms with Gasteiger partial charge in [-0.15, -0.1) is 0 Å². The molecule has 1 rings (SSSR count). The molecule has 0 radical (unpaired) electrons. The van der Waals surface area contributed by atoms with Crippen LogP contribution >= 0.6 is 35.4 Å². The van der Waals surface area contributed by atoms with Crippen molar-refractivity contribution in [2.75, 3.05) is 5.32 Å². The largest absolute Gasteiger partial charge is 0.329 e. The van der Waals surface area contributed by atoms with Crippen LogP contribution in [0.2, 0.25) is 10.0 Å². The second-order valence-electron chi connectivity index (χ2n) is 2.20. The Bertz CT molecular complexity index is 309. The quantitative estimate of drug-likeness (QED) is 0.397. The molecule has 0 saturated heterocycles. The third kappa shape index (κ3) is 2.70. The van der Waals surface area contributed by atoms with Gasteiger partial charge in [0.1, 0.15) is 0 Å². The molecule has 0 aromatic heterocycles. The number of hydrazine groups is 1. The van der Waals surface area contributed by atoms with Gasteiger partial charge in [-0.1, -0.05) is 29.3 Å². The van der Waals surface area contributed by atoms with Crippen LogP contribution in [0.15, 0.2) is 18.2 Å². The van der Waals surface area contributed by atoms with Gasteiger partial charge in [0.15, 0.2) is 5.11 Å². The normalized spacial score (nSPS) is 9.46. The number of para-hydroxylation sites is 1. The number of anilines is 1. The molecule has 0 aliphatic rings. The Balaban J connectivity index is 2.93. The zero-order chi connectivity index (χ0) is 9.84. The summed E-state index contributed by atoms with van der Waals surface area (Å²) in [6.45, 7) is 0. The minimum absolute atomic E-state index is 0.259. The van der Waals surface area contributed by atoms with Crippen LogP contribution in [0.1, 0.15) is 0 Å². The van der Waals surface area contributed by atoms with E-state index in [4.69, 9.17) is 41.3 Å². The van der Waals surface area contributed by atoms with Gasteiger partial charge >= 0.3 is 0 Å². The summed E-state index contributed by atoms with van der Waals surface area (Å²) < 4.78 is 0. The zero-order valence-electron chi connectivity index (χ0n) is 6.47. The van der Waals surface area contributed by atoms with Gasteiger partial charge in [-0.2, -0.15) is 0 Å². The molecule has 0 aliphatic carbocycles. The summed E-state index contributed by atoms with van der Waals surface area (Å²) in [5.41, 5.74) is 2.82. The monoisotopic (exact) mass is 235 g/mol. The van der Waals surface area contributed by atoms with Crippen molar-refractivity contribution in [2.24, 2.45) is 5.84 Å². The number of hydrogen-bond acceptors (Lipinski definition) is 2. The third-order valence-corrected chi connectivity index (χ3v) is 2.18. The third-order valence-electron chi connectivity index (χ3n) is 1.33. The fourth-order valence-corrected chi connectivity index (χ4v) is 1.36. The second kappa shape index (κ2) is 4.62. The van der Waals surface area contributed by atoms with E-state index < -0.39 is 0 Å². The summed E-state index contributed by atoms with van der Waals surface area (Å²) >= 11 is 16.5. The molecule has 0 unspecified atom stereocenters. The van der Waals surface area contributed by atoms with Gasteiger partial charge in [0.25, 0.3) is 0 Å². The minimum atomic E-state index is 0.259. The van der Waals surface area contributed by atoms with E-state index in [0.29, 0.717) is 15.7 Å². The number of nitrogens with one attached hydrogen (secondary N) is 2. The maximum Gasteiger partial charge on any atom is 0.185 e. The van der Waals surface area contributed by atoms with Crippen LogP contribution in [0, 0.1) is 0 Å². The molecule has 0 saturated carbocycles. The molecular weight excluding hydrogens is 229 g/mol. The molecule has 1 aromatic carbocycles. The van der Waals surface area contributed by atoms with Crippen LogP contribution in [-0.4, -0.2) is 5.11 Å². The predicted molar refractivity (Wildman–Crippen MR) is 60.0 cm³/mol.